The average molecular weight is 331 g/mol. The second kappa shape index (κ2) is 6.20. The predicted molar refractivity (Wildman–Crippen MR) is 95.0 cm³/mol. The number of fused-ring (bicyclic) bond motifs is 1. The monoisotopic (exact) mass is 331 g/mol. The van der Waals surface area contributed by atoms with E-state index < -0.39 is 5.82 Å². The highest BCUT2D eigenvalue weighted by Crippen LogP contribution is 2.19. The molecular formula is C20H14FN3O. The summed E-state index contributed by atoms with van der Waals surface area (Å²) in [4.78, 5) is 16.9. The molecule has 0 aliphatic rings. The molecule has 4 rings (SSSR count). The fourth-order valence-electron chi connectivity index (χ4n) is 2.64. The van der Waals surface area contributed by atoms with Crippen LogP contribution in [0.5, 0.6) is 0 Å². The van der Waals surface area contributed by atoms with E-state index in [0.29, 0.717) is 16.9 Å². The molecule has 0 saturated heterocycles. The van der Waals surface area contributed by atoms with Gasteiger partial charge in [-0.2, -0.15) is 0 Å². The summed E-state index contributed by atoms with van der Waals surface area (Å²) in [5.74, 6) is -0.702. The number of carbonyl (C=O) groups is 1. The van der Waals surface area contributed by atoms with Gasteiger partial charge in [-0.25, -0.2) is 9.37 Å². The van der Waals surface area contributed by atoms with Crippen LogP contribution in [0.25, 0.3) is 16.9 Å². The van der Waals surface area contributed by atoms with Gasteiger partial charge in [0.1, 0.15) is 11.5 Å². The molecule has 122 valence electrons. The summed E-state index contributed by atoms with van der Waals surface area (Å²) in [6.07, 6.45) is 3.70. The molecule has 0 aliphatic carbocycles. The van der Waals surface area contributed by atoms with Crippen LogP contribution in [0.2, 0.25) is 0 Å². The van der Waals surface area contributed by atoms with Gasteiger partial charge in [-0.15, -0.1) is 0 Å². The lowest BCUT2D eigenvalue weighted by Gasteiger charge is -2.05. The number of nitrogens with zero attached hydrogens (tertiary/aromatic N) is 2. The van der Waals surface area contributed by atoms with Gasteiger partial charge in [-0.1, -0.05) is 36.4 Å². The number of aromatic nitrogens is 2. The van der Waals surface area contributed by atoms with Gasteiger partial charge in [0.05, 0.1) is 5.69 Å². The van der Waals surface area contributed by atoms with Gasteiger partial charge in [-0.05, 0) is 30.3 Å². The average Bonchev–Trinajstić information content (AvgIpc) is 3.06. The lowest BCUT2D eigenvalue weighted by molar-refractivity contribution is 0.102. The summed E-state index contributed by atoms with van der Waals surface area (Å²) < 4.78 is 15.1. The van der Waals surface area contributed by atoms with Crippen molar-refractivity contribution in [3.05, 3.63) is 90.5 Å². The van der Waals surface area contributed by atoms with Crippen LogP contribution in [0.4, 0.5) is 10.1 Å². The summed E-state index contributed by atoms with van der Waals surface area (Å²) in [7, 11) is 0. The van der Waals surface area contributed by atoms with Gasteiger partial charge in [0.2, 0.25) is 0 Å². The first kappa shape index (κ1) is 15.1. The van der Waals surface area contributed by atoms with Crippen LogP contribution in [0.1, 0.15) is 10.4 Å². The summed E-state index contributed by atoms with van der Waals surface area (Å²) in [5, 5.41) is 2.69. The van der Waals surface area contributed by atoms with Crippen LogP contribution in [0, 0.1) is 5.82 Å². The molecule has 5 heteroatoms. The number of benzene rings is 2. The molecule has 2 aromatic heterocycles. The number of hydrogen-bond acceptors (Lipinski definition) is 2. The van der Waals surface area contributed by atoms with E-state index in [-0.39, 0.29) is 5.91 Å². The molecule has 0 bridgehead atoms. The molecule has 1 N–H and O–H groups in total. The van der Waals surface area contributed by atoms with Gasteiger partial charge in [0.15, 0.2) is 0 Å². The van der Waals surface area contributed by atoms with Gasteiger partial charge >= 0.3 is 0 Å². The second-order valence-corrected chi connectivity index (χ2v) is 5.64. The van der Waals surface area contributed by atoms with E-state index in [9.17, 15) is 9.18 Å². The van der Waals surface area contributed by atoms with Gasteiger partial charge < -0.3 is 9.72 Å². The first-order chi connectivity index (χ1) is 12.2. The minimum Gasteiger partial charge on any atom is -0.322 e. The fourth-order valence-corrected chi connectivity index (χ4v) is 2.64. The number of rotatable bonds is 3. The molecule has 0 radical (unpaired) electrons. The summed E-state index contributed by atoms with van der Waals surface area (Å²) >= 11 is 0. The smallest absolute Gasteiger partial charge is 0.255 e. The molecule has 0 spiro atoms. The van der Waals surface area contributed by atoms with E-state index in [4.69, 9.17) is 0 Å². The third-order valence-electron chi connectivity index (χ3n) is 3.87. The Kier molecular flexibility index (Phi) is 3.74. The minimum absolute atomic E-state index is 0.308. The van der Waals surface area contributed by atoms with Crippen LogP contribution in [0.15, 0.2) is 79.1 Å². The summed E-state index contributed by atoms with van der Waals surface area (Å²) in [5.41, 5.74) is 3.39. The Bertz CT molecular complexity index is 1060. The number of amides is 1. The van der Waals surface area contributed by atoms with Crippen molar-refractivity contribution in [2.75, 3.05) is 5.32 Å². The van der Waals surface area contributed by atoms with Crippen LogP contribution < -0.4 is 5.32 Å². The van der Waals surface area contributed by atoms with E-state index in [1.165, 1.54) is 12.1 Å². The topological polar surface area (TPSA) is 46.4 Å². The van der Waals surface area contributed by atoms with Crippen molar-refractivity contribution in [2.24, 2.45) is 0 Å². The number of pyridine rings is 1. The molecule has 0 aliphatic heterocycles. The molecule has 1 amide bonds. The Hall–Kier alpha value is -3.47. The van der Waals surface area contributed by atoms with Crippen molar-refractivity contribution in [1.82, 2.24) is 9.38 Å². The standard InChI is InChI=1S/C20H14FN3O/c21-16-7-4-8-17(12-16)22-20(25)15-9-10-24-13-18(23-19(24)11-15)14-5-2-1-3-6-14/h1-13H,(H,22,25). The molecule has 4 aromatic rings. The summed E-state index contributed by atoms with van der Waals surface area (Å²) in [6, 6.07) is 19.1. The molecule has 2 aromatic carbocycles. The van der Waals surface area contributed by atoms with Gasteiger partial charge in [0.25, 0.3) is 5.91 Å². The maximum atomic E-state index is 13.2. The Morgan fingerprint density at radius 1 is 1.00 bits per heavy atom. The molecule has 0 unspecified atom stereocenters. The molecule has 0 saturated carbocycles. The third kappa shape index (κ3) is 3.12. The Balaban J connectivity index is 1.63. The first-order valence-corrected chi connectivity index (χ1v) is 7.80. The lowest BCUT2D eigenvalue weighted by Crippen LogP contribution is -2.12. The van der Waals surface area contributed by atoms with Crippen molar-refractivity contribution in [3.8, 4) is 11.3 Å². The molecule has 0 fully saturated rings. The van der Waals surface area contributed by atoms with Crippen molar-refractivity contribution in [1.29, 1.82) is 0 Å². The van der Waals surface area contributed by atoms with Crippen LogP contribution in [0.3, 0.4) is 0 Å². The Labute approximate surface area is 143 Å². The third-order valence-corrected chi connectivity index (χ3v) is 3.87. The normalized spacial score (nSPS) is 10.8. The fraction of sp³-hybridized carbons (Fsp3) is 0. The highest BCUT2D eigenvalue weighted by Gasteiger charge is 2.10. The van der Waals surface area contributed by atoms with E-state index in [1.807, 2.05) is 40.9 Å². The molecule has 4 nitrogen and oxygen atoms in total. The lowest BCUT2D eigenvalue weighted by atomic mass is 10.2. The zero-order chi connectivity index (χ0) is 17.2. The van der Waals surface area contributed by atoms with Gasteiger partial charge in [-0.3, -0.25) is 4.79 Å². The van der Waals surface area contributed by atoms with Crippen molar-refractivity contribution in [2.45, 2.75) is 0 Å². The largest absolute Gasteiger partial charge is 0.322 e. The highest BCUT2D eigenvalue weighted by molar-refractivity contribution is 6.04. The van der Waals surface area contributed by atoms with Crippen LogP contribution in [-0.2, 0) is 0 Å². The maximum absolute atomic E-state index is 13.2. The zero-order valence-corrected chi connectivity index (χ0v) is 13.2. The number of halogens is 1. The van der Waals surface area contributed by atoms with E-state index in [0.717, 1.165) is 11.3 Å². The minimum atomic E-state index is -0.394. The van der Waals surface area contributed by atoms with Crippen LogP contribution in [-0.4, -0.2) is 15.3 Å². The number of carbonyl (C=O) groups excluding carboxylic acids is 1. The molecule has 25 heavy (non-hydrogen) atoms. The number of nitrogens with one attached hydrogen (secondary N) is 1. The molecule has 0 atom stereocenters. The van der Waals surface area contributed by atoms with Gasteiger partial charge in [0, 0.05) is 29.2 Å². The number of anilines is 1. The maximum Gasteiger partial charge on any atom is 0.255 e. The SMILES string of the molecule is O=C(Nc1cccc(F)c1)c1ccn2cc(-c3ccccc3)nc2c1. The zero-order valence-electron chi connectivity index (χ0n) is 13.2. The summed E-state index contributed by atoms with van der Waals surface area (Å²) in [6.45, 7) is 0. The first-order valence-electron chi connectivity index (χ1n) is 7.80. The number of hydrogen-bond donors (Lipinski definition) is 1. The Morgan fingerprint density at radius 2 is 1.84 bits per heavy atom. The quantitative estimate of drug-likeness (QED) is 0.605. The molecular weight excluding hydrogens is 317 g/mol. The molecule has 2 heterocycles. The van der Waals surface area contributed by atoms with Crippen molar-refractivity contribution in [3.63, 3.8) is 0 Å². The van der Waals surface area contributed by atoms with E-state index >= 15 is 0 Å². The highest BCUT2D eigenvalue weighted by atomic mass is 19.1. The Morgan fingerprint density at radius 3 is 2.64 bits per heavy atom. The van der Waals surface area contributed by atoms with E-state index in [2.05, 4.69) is 10.3 Å². The predicted octanol–water partition coefficient (Wildman–Crippen LogP) is 4.39. The number of imidazole rings is 1. The second-order valence-electron chi connectivity index (χ2n) is 5.64. The van der Waals surface area contributed by atoms with Crippen molar-refractivity contribution >= 4 is 17.2 Å². The van der Waals surface area contributed by atoms with Crippen LogP contribution >= 0.6 is 0 Å². The van der Waals surface area contributed by atoms with E-state index in [1.54, 1.807) is 30.5 Å². The van der Waals surface area contributed by atoms with Crippen molar-refractivity contribution < 1.29 is 9.18 Å².